The second-order valence-electron chi connectivity index (χ2n) is 9.90. The van der Waals surface area contributed by atoms with Crippen LogP contribution in [-0.2, 0) is 0 Å². The lowest BCUT2D eigenvalue weighted by Gasteiger charge is -2.09. The van der Waals surface area contributed by atoms with E-state index in [1.165, 1.54) is 12.8 Å². The number of unbranched alkanes of at least 4 members (excludes halogenated alkanes) is 8. The predicted molar refractivity (Wildman–Crippen MR) is 159 cm³/mol. The van der Waals surface area contributed by atoms with Crippen molar-refractivity contribution in [1.29, 1.82) is 0 Å². The predicted octanol–water partition coefficient (Wildman–Crippen LogP) is 7.80. The van der Waals surface area contributed by atoms with Crippen LogP contribution in [0, 0.1) is 0 Å². The zero-order valence-electron chi connectivity index (χ0n) is 24.0. The normalized spacial score (nSPS) is 10.7. The van der Waals surface area contributed by atoms with Crippen LogP contribution in [0.3, 0.4) is 0 Å². The van der Waals surface area contributed by atoms with Gasteiger partial charge in [0.2, 0.25) is 0 Å². The number of ether oxygens (including phenoxy) is 4. The fourth-order valence-electron chi connectivity index (χ4n) is 4.11. The van der Waals surface area contributed by atoms with E-state index in [1.807, 2.05) is 0 Å². The zero-order valence-corrected chi connectivity index (χ0v) is 24.0. The molecule has 220 valence electrons. The van der Waals surface area contributed by atoms with Crippen molar-refractivity contribution in [1.82, 2.24) is 0 Å². The van der Waals surface area contributed by atoms with Gasteiger partial charge in [-0.1, -0.05) is 51.9 Å². The molecule has 7 nitrogen and oxygen atoms in total. The van der Waals surface area contributed by atoms with Crippen molar-refractivity contribution >= 4 is 11.9 Å². The Balaban J connectivity index is 1.38. The molecule has 0 saturated heterocycles. The minimum atomic E-state index is -0.489. The van der Waals surface area contributed by atoms with E-state index < -0.39 is 11.9 Å². The maximum Gasteiger partial charge on any atom is 0.343 e. The number of hydrogen-bond acceptors (Lipinski definition) is 7. The van der Waals surface area contributed by atoms with Crippen LogP contribution >= 0.6 is 0 Å². The summed E-state index contributed by atoms with van der Waals surface area (Å²) in [6.45, 7) is 3.73. The molecule has 0 spiro atoms. The number of aliphatic hydroxyl groups is 1. The summed E-state index contributed by atoms with van der Waals surface area (Å²) in [5, 5.41) is 8.80. The summed E-state index contributed by atoms with van der Waals surface area (Å²) in [5.74, 6) is 1.15. The molecule has 0 radical (unpaired) electrons. The van der Waals surface area contributed by atoms with Gasteiger partial charge in [-0.2, -0.15) is 0 Å². The number of carbonyl (C=O) groups is 2. The SMILES string of the molecule is CCCCCCOc1ccc(C(=O)Oc2ccc(OC(=O)c3ccc(OCCCCCCCCO)cc3)cc2)cc1. The third-order valence-corrected chi connectivity index (χ3v) is 6.51. The Morgan fingerprint density at radius 1 is 0.512 bits per heavy atom. The van der Waals surface area contributed by atoms with Gasteiger partial charge < -0.3 is 24.1 Å². The van der Waals surface area contributed by atoms with Crippen molar-refractivity contribution in [3.63, 3.8) is 0 Å². The van der Waals surface area contributed by atoms with Gasteiger partial charge in [-0.3, -0.25) is 0 Å². The Bertz CT molecular complexity index is 1160. The van der Waals surface area contributed by atoms with Gasteiger partial charge in [-0.05, 0) is 92.1 Å². The van der Waals surface area contributed by atoms with Gasteiger partial charge in [0.1, 0.15) is 23.0 Å². The first-order chi connectivity index (χ1) is 20.1. The van der Waals surface area contributed by atoms with Crippen molar-refractivity contribution in [3.05, 3.63) is 83.9 Å². The first kappa shape index (κ1) is 31.7. The molecule has 0 heterocycles. The highest BCUT2D eigenvalue weighted by molar-refractivity contribution is 5.92. The molecule has 0 amide bonds. The molecule has 0 fully saturated rings. The molecule has 0 aliphatic rings. The zero-order chi connectivity index (χ0) is 29.1. The highest BCUT2D eigenvalue weighted by Crippen LogP contribution is 2.21. The lowest BCUT2D eigenvalue weighted by molar-refractivity contribution is 0.0719. The number of benzene rings is 3. The molecule has 3 aromatic rings. The molecular weight excluding hydrogens is 520 g/mol. The van der Waals surface area contributed by atoms with Gasteiger partial charge in [-0.25, -0.2) is 9.59 Å². The maximum atomic E-state index is 12.5. The summed E-state index contributed by atoms with van der Waals surface area (Å²) < 4.78 is 22.4. The Kier molecular flexibility index (Phi) is 14.3. The first-order valence-corrected chi connectivity index (χ1v) is 14.7. The number of carbonyl (C=O) groups excluding carboxylic acids is 2. The lowest BCUT2D eigenvalue weighted by Crippen LogP contribution is -2.09. The van der Waals surface area contributed by atoms with Crippen molar-refractivity contribution < 1.29 is 33.6 Å². The van der Waals surface area contributed by atoms with Gasteiger partial charge in [-0.15, -0.1) is 0 Å². The molecule has 0 saturated carbocycles. The fourth-order valence-corrected chi connectivity index (χ4v) is 4.11. The number of aliphatic hydroxyl groups excluding tert-OH is 1. The van der Waals surface area contributed by atoms with Crippen LogP contribution in [0.1, 0.15) is 91.8 Å². The summed E-state index contributed by atoms with van der Waals surface area (Å²) in [5.41, 5.74) is 0.825. The standard InChI is InChI=1S/C34H42O7/c1-2-3-4-10-25-38-29-16-12-27(13-17-29)33(36)40-31-20-22-32(23-21-31)41-34(37)28-14-18-30(19-15-28)39-26-11-8-6-5-7-9-24-35/h12-23,35H,2-11,24-26H2,1H3. The van der Waals surface area contributed by atoms with Crippen molar-refractivity contribution in [2.75, 3.05) is 19.8 Å². The molecule has 0 bridgehead atoms. The molecule has 0 unspecified atom stereocenters. The minimum absolute atomic E-state index is 0.266. The molecular formula is C34H42O7. The molecule has 0 atom stereocenters. The average molecular weight is 563 g/mol. The van der Waals surface area contributed by atoms with Crippen molar-refractivity contribution in [2.24, 2.45) is 0 Å². The number of rotatable bonds is 19. The number of hydrogen-bond donors (Lipinski definition) is 1. The summed E-state index contributed by atoms with van der Waals surface area (Å²) >= 11 is 0. The van der Waals surface area contributed by atoms with Gasteiger partial charge >= 0.3 is 11.9 Å². The van der Waals surface area contributed by atoms with Crippen LogP contribution in [0.4, 0.5) is 0 Å². The smallest absolute Gasteiger partial charge is 0.343 e. The number of esters is 2. The highest BCUT2D eigenvalue weighted by Gasteiger charge is 2.12. The van der Waals surface area contributed by atoms with E-state index in [-0.39, 0.29) is 6.61 Å². The van der Waals surface area contributed by atoms with E-state index in [0.29, 0.717) is 41.6 Å². The van der Waals surface area contributed by atoms with Crippen LogP contribution in [0.25, 0.3) is 0 Å². The van der Waals surface area contributed by atoms with Crippen LogP contribution in [0.5, 0.6) is 23.0 Å². The molecule has 3 aromatic carbocycles. The highest BCUT2D eigenvalue weighted by atomic mass is 16.5. The molecule has 7 heteroatoms. The second-order valence-corrected chi connectivity index (χ2v) is 9.90. The Morgan fingerprint density at radius 3 is 1.29 bits per heavy atom. The van der Waals surface area contributed by atoms with E-state index in [4.69, 9.17) is 24.1 Å². The lowest BCUT2D eigenvalue weighted by atomic mass is 10.1. The van der Waals surface area contributed by atoms with Crippen molar-refractivity contribution in [2.45, 2.75) is 71.1 Å². The fraction of sp³-hybridized carbons (Fsp3) is 0.412. The quantitative estimate of drug-likeness (QED) is 0.0905. The summed E-state index contributed by atoms with van der Waals surface area (Å²) in [4.78, 5) is 25.1. The van der Waals surface area contributed by atoms with E-state index in [9.17, 15) is 9.59 Å². The molecule has 0 aliphatic heterocycles. The van der Waals surface area contributed by atoms with Crippen LogP contribution in [0.15, 0.2) is 72.8 Å². The Morgan fingerprint density at radius 2 is 0.878 bits per heavy atom. The Labute approximate surface area is 243 Å². The molecule has 41 heavy (non-hydrogen) atoms. The molecule has 1 N–H and O–H groups in total. The third kappa shape index (κ3) is 12.1. The molecule has 3 rings (SSSR count). The largest absolute Gasteiger partial charge is 0.494 e. The van der Waals surface area contributed by atoms with Crippen LogP contribution in [0.2, 0.25) is 0 Å². The second kappa shape index (κ2) is 18.5. The Hall–Kier alpha value is -3.84. The van der Waals surface area contributed by atoms with Gasteiger partial charge in [0.15, 0.2) is 0 Å². The van der Waals surface area contributed by atoms with E-state index in [2.05, 4.69) is 6.92 Å². The molecule has 0 aliphatic carbocycles. The average Bonchev–Trinajstić information content (AvgIpc) is 3.00. The van der Waals surface area contributed by atoms with Crippen LogP contribution < -0.4 is 18.9 Å². The van der Waals surface area contributed by atoms with Crippen LogP contribution in [-0.4, -0.2) is 36.9 Å². The molecule has 0 aromatic heterocycles. The third-order valence-electron chi connectivity index (χ3n) is 6.51. The van der Waals surface area contributed by atoms with Gasteiger partial charge in [0.25, 0.3) is 0 Å². The summed E-state index contributed by atoms with van der Waals surface area (Å²) in [6.07, 6.45) is 10.8. The monoisotopic (exact) mass is 562 g/mol. The van der Waals surface area contributed by atoms with E-state index in [0.717, 1.165) is 57.1 Å². The van der Waals surface area contributed by atoms with Crippen molar-refractivity contribution in [3.8, 4) is 23.0 Å². The van der Waals surface area contributed by atoms with E-state index >= 15 is 0 Å². The van der Waals surface area contributed by atoms with Gasteiger partial charge in [0.05, 0.1) is 24.3 Å². The topological polar surface area (TPSA) is 91.3 Å². The first-order valence-electron chi connectivity index (χ1n) is 14.7. The minimum Gasteiger partial charge on any atom is -0.494 e. The maximum absolute atomic E-state index is 12.5. The summed E-state index contributed by atoms with van der Waals surface area (Å²) in [6, 6.07) is 20.1. The van der Waals surface area contributed by atoms with Gasteiger partial charge in [0, 0.05) is 6.61 Å². The van der Waals surface area contributed by atoms with E-state index in [1.54, 1.807) is 72.8 Å². The summed E-state index contributed by atoms with van der Waals surface area (Å²) in [7, 11) is 0.